The van der Waals surface area contributed by atoms with E-state index >= 15 is 0 Å². The van der Waals surface area contributed by atoms with Crippen molar-refractivity contribution in [2.24, 2.45) is 0 Å². The summed E-state index contributed by atoms with van der Waals surface area (Å²) >= 11 is 0. The Balaban J connectivity index is 2.00. The molecule has 1 N–H and O–H groups in total. The first-order chi connectivity index (χ1) is 10.1. The lowest BCUT2D eigenvalue weighted by Crippen LogP contribution is -2.51. The number of ether oxygens (including phenoxy) is 2. The van der Waals surface area contributed by atoms with Gasteiger partial charge in [-0.25, -0.2) is 0 Å². The van der Waals surface area contributed by atoms with Crippen molar-refractivity contribution in [3.63, 3.8) is 0 Å². The molecule has 1 heterocycles. The van der Waals surface area contributed by atoms with Crippen molar-refractivity contribution in [1.29, 1.82) is 0 Å². The number of hydrogen-bond donors (Lipinski definition) is 1. The molecular formula is C15H20N2O4. The van der Waals surface area contributed by atoms with Crippen molar-refractivity contribution in [2.75, 3.05) is 21.3 Å². The molecule has 2 amide bonds. The van der Waals surface area contributed by atoms with E-state index in [2.05, 4.69) is 5.32 Å². The number of hydrogen-bond acceptors (Lipinski definition) is 5. The number of benzene rings is 1. The zero-order chi connectivity index (χ0) is 15.4. The number of carbonyl (C=O) groups is 2. The van der Waals surface area contributed by atoms with Crippen LogP contribution in [-0.4, -0.2) is 44.0 Å². The first kappa shape index (κ1) is 15.3. The third kappa shape index (κ3) is 3.33. The van der Waals surface area contributed by atoms with Gasteiger partial charge in [0.1, 0.15) is 0 Å². The smallest absolute Gasteiger partial charge is 0.246 e. The number of methoxy groups -OCH3 is 2. The number of carbonyl (C=O) groups excluding carboxylic acids is 2. The van der Waals surface area contributed by atoms with Crippen LogP contribution in [0.1, 0.15) is 18.4 Å². The highest BCUT2D eigenvalue weighted by Crippen LogP contribution is 2.27. The van der Waals surface area contributed by atoms with Gasteiger partial charge in [0.2, 0.25) is 11.8 Å². The minimum absolute atomic E-state index is 0.121. The van der Waals surface area contributed by atoms with E-state index in [0.29, 0.717) is 30.9 Å². The Labute approximate surface area is 124 Å². The molecule has 6 nitrogen and oxygen atoms in total. The maximum absolute atomic E-state index is 12.0. The topological polar surface area (TPSA) is 67.9 Å². The van der Waals surface area contributed by atoms with Crippen molar-refractivity contribution in [1.82, 2.24) is 10.2 Å². The second-order valence-corrected chi connectivity index (χ2v) is 4.95. The normalized spacial score (nSPS) is 18.8. The summed E-state index contributed by atoms with van der Waals surface area (Å²) in [6.07, 6.45) is 0.932. The van der Waals surface area contributed by atoms with Crippen molar-refractivity contribution in [2.45, 2.75) is 25.4 Å². The Hall–Kier alpha value is -2.08. The van der Waals surface area contributed by atoms with Crippen LogP contribution < -0.4 is 14.8 Å². The molecule has 1 aliphatic heterocycles. The summed E-state index contributed by atoms with van der Waals surface area (Å²) in [4.78, 5) is 24.6. The monoisotopic (exact) mass is 292 g/mol. The Kier molecular flexibility index (Phi) is 4.80. The number of imide groups is 1. The Morgan fingerprint density at radius 3 is 2.62 bits per heavy atom. The molecular weight excluding hydrogens is 272 g/mol. The van der Waals surface area contributed by atoms with E-state index in [0.717, 1.165) is 5.56 Å². The SMILES string of the molecule is COc1ccc(CNC2CCC(=O)N(C)C2=O)cc1OC. The zero-order valence-corrected chi connectivity index (χ0v) is 12.5. The average molecular weight is 292 g/mol. The fourth-order valence-corrected chi connectivity index (χ4v) is 2.34. The molecule has 0 bridgehead atoms. The van der Waals surface area contributed by atoms with Crippen LogP contribution >= 0.6 is 0 Å². The van der Waals surface area contributed by atoms with Gasteiger partial charge in [0.05, 0.1) is 20.3 Å². The van der Waals surface area contributed by atoms with E-state index in [-0.39, 0.29) is 17.9 Å². The van der Waals surface area contributed by atoms with Crippen LogP contribution in [0.4, 0.5) is 0 Å². The van der Waals surface area contributed by atoms with Gasteiger partial charge in [-0.05, 0) is 24.1 Å². The number of likely N-dealkylation sites (N-methyl/N-ethyl adjacent to an activating group) is 1. The summed E-state index contributed by atoms with van der Waals surface area (Å²) in [7, 11) is 4.69. The highest BCUT2D eigenvalue weighted by atomic mass is 16.5. The van der Waals surface area contributed by atoms with Gasteiger partial charge in [-0.3, -0.25) is 14.5 Å². The van der Waals surface area contributed by atoms with Gasteiger partial charge < -0.3 is 14.8 Å². The van der Waals surface area contributed by atoms with Crippen molar-refractivity contribution in [3.8, 4) is 11.5 Å². The molecule has 1 atom stereocenters. The third-order valence-corrected chi connectivity index (χ3v) is 3.65. The van der Waals surface area contributed by atoms with Crippen LogP contribution in [0.5, 0.6) is 11.5 Å². The van der Waals surface area contributed by atoms with Crippen LogP contribution in [-0.2, 0) is 16.1 Å². The van der Waals surface area contributed by atoms with Gasteiger partial charge in [-0.15, -0.1) is 0 Å². The molecule has 1 aromatic carbocycles. The summed E-state index contributed by atoms with van der Waals surface area (Å²) in [5.41, 5.74) is 0.986. The number of likely N-dealkylation sites (tertiary alicyclic amines) is 1. The highest BCUT2D eigenvalue weighted by Gasteiger charge is 2.31. The van der Waals surface area contributed by atoms with Crippen molar-refractivity contribution < 1.29 is 19.1 Å². The average Bonchev–Trinajstić information content (AvgIpc) is 2.51. The Morgan fingerprint density at radius 1 is 1.24 bits per heavy atom. The first-order valence-corrected chi connectivity index (χ1v) is 6.81. The van der Waals surface area contributed by atoms with Crippen molar-refractivity contribution in [3.05, 3.63) is 23.8 Å². The first-order valence-electron chi connectivity index (χ1n) is 6.81. The van der Waals surface area contributed by atoms with Gasteiger partial charge in [0, 0.05) is 20.0 Å². The molecule has 1 unspecified atom stereocenters. The number of rotatable bonds is 5. The molecule has 0 radical (unpaired) electrons. The van der Waals surface area contributed by atoms with Gasteiger partial charge >= 0.3 is 0 Å². The van der Waals surface area contributed by atoms with E-state index in [4.69, 9.17) is 9.47 Å². The molecule has 0 aromatic heterocycles. The summed E-state index contributed by atoms with van der Waals surface area (Å²) < 4.78 is 10.4. The standard InChI is InChI=1S/C15H20N2O4/c1-17-14(18)7-5-11(15(17)19)16-9-10-4-6-12(20-2)13(8-10)21-3/h4,6,8,11,16H,5,7,9H2,1-3H3. The number of nitrogens with zero attached hydrogens (tertiary/aromatic N) is 1. The fourth-order valence-electron chi connectivity index (χ4n) is 2.34. The molecule has 6 heteroatoms. The Morgan fingerprint density at radius 2 is 1.95 bits per heavy atom. The van der Waals surface area contributed by atoms with E-state index in [1.165, 1.54) is 11.9 Å². The largest absolute Gasteiger partial charge is 0.493 e. The zero-order valence-electron chi connectivity index (χ0n) is 12.5. The fraction of sp³-hybridized carbons (Fsp3) is 0.467. The predicted octanol–water partition coefficient (Wildman–Crippen LogP) is 0.941. The molecule has 0 aliphatic carbocycles. The highest BCUT2D eigenvalue weighted by molar-refractivity contribution is 6.00. The van der Waals surface area contributed by atoms with E-state index in [9.17, 15) is 9.59 Å². The minimum atomic E-state index is -0.319. The molecule has 0 saturated carbocycles. The molecule has 0 spiro atoms. The second kappa shape index (κ2) is 6.58. The van der Waals surface area contributed by atoms with Gasteiger partial charge in [0.15, 0.2) is 11.5 Å². The van der Waals surface area contributed by atoms with Gasteiger partial charge in [-0.1, -0.05) is 6.07 Å². The molecule has 114 valence electrons. The summed E-state index contributed by atoms with van der Waals surface area (Å²) in [5, 5.41) is 3.19. The predicted molar refractivity (Wildman–Crippen MR) is 77.2 cm³/mol. The van der Waals surface area contributed by atoms with Crippen LogP contribution in [0.15, 0.2) is 18.2 Å². The lowest BCUT2D eigenvalue weighted by atomic mass is 10.0. The summed E-state index contributed by atoms with van der Waals surface area (Å²) in [6, 6.07) is 5.29. The molecule has 1 aromatic rings. The maximum atomic E-state index is 12.0. The molecule has 1 aliphatic rings. The molecule has 21 heavy (non-hydrogen) atoms. The minimum Gasteiger partial charge on any atom is -0.493 e. The van der Waals surface area contributed by atoms with Crippen LogP contribution in [0.25, 0.3) is 0 Å². The van der Waals surface area contributed by atoms with Crippen LogP contribution in [0, 0.1) is 0 Å². The number of amides is 2. The van der Waals surface area contributed by atoms with E-state index < -0.39 is 0 Å². The van der Waals surface area contributed by atoms with E-state index in [1.54, 1.807) is 14.2 Å². The molecule has 1 fully saturated rings. The molecule has 2 rings (SSSR count). The maximum Gasteiger partial charge on any atom is 0.246 e. The summed E-state index contributed by atoms with van der Waals surface area (Å²) in [5.74, 6) is 1.02. The van der Waals surface area contributed by atoms with Gasteiger partial charge in [0.25, 0.3) is 0 Å². The third-order valence-electron chi connectivity index (χ3n) is 3.65. The summed E-state index contributed by atoms with van der Waals surface area (Å²) in [6.45, 7) is 0.527. The lowest BCUT2D eigenvalue weighted by molar-refractivity contribution is -0.148. The van der Waals surface area contributed by atoms with Crippen LogP contribution in [0.2, 0.25) is 0 Å². The lowest BCUT2D eigenvalue weighted by Gasteiger charge is -2.28. The molecule has 1 saturated heterocycles. The number of nitrogens with one attached hydrogen (secondary N) is 1. The van der Waals surface area contributed by atoms with Crippen molar-refractivity contribution >= 4 is 11.8 Å². The second-order valence-electron chi connectivity index (χ2n) is 4.95. The van der Waals surface area contributed by atoms with Crippen LogP contribution in [0.3, 0.4) is 0 Å². The van der Waals surface area contributed by atoms with Gasteiger partial charge in [-0.2, -0.15) is 0 Å². The van der Waals surface area contributed by atoms with E-state index in [1.807, 2.05) is 18.2 Å². The quantitative estimate of drug-likeness (QED) is 0.818. The number of piperidine rings is 1. The Bertz CT molecular complexity index is 544.